The fraction of sp³-hybridized carbons (Fsp3) is 0.600. The number of nitrogens with two attached hydrogens (primary N) is 1. The van der Waals surface area contributed by atoms with Gasteiger partial charge in [-0.05, 0) is 49.7 Å². The lowest BCUT2D eigenvalue weighted by atomic mass is 10.1. The number of para-hydroxylation sites is 1. The van der Waals surface area contributed by atoms with E-state index in [4.69, 9.17) is 5.73 Å². The monoisotopic (exact) mass is 230 g/mol. The molecular formula is C15H22N2. The molecule has 0 spiro atoms. The Hall–Kier alpha value is -1.02. The van der Waals surface area contributed by atoms with Crippen molar-refractivity contribution < 1.29 is 0 Å². The van der Waals surface area contributed by atoms with E-state index >= 15 is 0 Å². The molecule has 0 radical (unpaired) electrons. The summed E-state index contributed by atoms with van der Waals surface area (Å²) in [4.78, 5) is 2.70. The number of anilines is 1. The summed E-state index contributed by atoms with van der Waals surface area (Å²) in [5.74, 6) is 1.00. The maximum Gasteiger partial charge on any atom is 0.0347 e. The second-order valence-corrected chi connectivity index (χ2v) is 5.62. The molecule has 2 aliphatic rings. The van der Waals surface area contributed by atoms with Crippen LogP contribution in [0, 0.1) is 5.92 Å². The number of rotatable bonds is 6. The lowest BCUT2D eigenvalue weighted by Gasteiger charge is -2.22. The molecule has 92 valence electrons. The molecule has 2 aliphatic carbocycles. The van der Waals surface area contributed by atoms with Gasteiger partial charge < -0.3 is 5.73 Å². The fourth-order valence-corrected chi connectivity index (χ4v) is 2.52. The summed E-state index contributed by atoms with van der Waals surface area (Å²) >= 11 is 0. The number of nitrogen functional groups attached to an aromatic ring is 1. The van der Waals surface area contributed by atoms with Gasteiger partial charge in [0.15, 0.2) is 0 Å². The highest BCUT2D eigenvalue weighted by Crippen LogP contribution is 2.34. The average Bonchev–Trinajstić information content (AvgIpc) is 3.18. The Morgan fingerprint density at radius 3 is 2.53 bits per heavy atom. The van der Waals surface area contributed by atoms with Crippen LogP contribution in [-0.2, 0) is 6.42 Å². The number of benzene rings is 1. The average molecular weight is 230 g/mol. The normalized spacial score (nSPS) is 19.8. The molecule has 2 nitrogen and oxygen atoms in total. The third-order valence-electron chi connectivity index (χ3n) is 3.98. The molecule has 2 heteroatoms. The second kappa shape index (κ2) is 4.69. The van der Waals surface area contributed by atoms with Gasteiger partial charge in [0, 0.05) is 24.8 Å². The Kier molecular flexibility index (Phi) is 3.06. The second-order valence-electron chi connectivity index (χ2n) is 5.62. The van der Waals surface area contributed by atoms with Crippen molar-refractivity contribution in [1.29, 1.82) is 0 Å². The zero-order valence-corrected chi connectivity index (χ0v) is 10.4. The lowest BCUT2D eigenvalue weighted by molar-refractivity contribution is 0.256. The van der Waals surface area contributed by atoms with Crippen molar-refractivity contribution in [3.8, 4) is 0 Å². The Morgan fingerprint density at radius 1 is 1.12 bits per heavy atom. The Morgan fingerprint density at radius 2 is 1.88 bits per heavy atom. The summed E-state index contributed by atoms with van der Waals surface area (Å²) in [6.07, 6.45) is 6.84. The first-order chi connectivity index (χ1) is 8.33. The molecule has 0 atom stereocenters. The van der Waals surface area contributed by atoms with E-state index in [0.717, 1.165) is 24.1 Å². The fourth-order valence-electron chi connectivity index (χ4n) is 2.52. The third kappa shape index (κ3) is 3.01. The molecule has 0 saturated heterocycles. The third-order valence-corrected chi connectivity index (χ3v) is 3.98. The van der Waals surface area contributed by atoms with E-state index in [1.54, 1.807) is 0 Å². The molecule has 3 rings (SSSR count). The van der Waals surface area contributed by atoms with Gasteiger partial charge in [-0.25, -0.2) is 0 Å². The quantitative estimate of drug-likeness (QED) is 0.761. The minimum Gasteiger partial charge on any atom is -0.399 e. The van der Waals surface area contributed by atoms with Gasteiger partial charge in [0.25, 0.3) is 0 Å². The molecule has 1 aromatic carbocycles. The number of hydrogen-bond donors (Lipinski definition) is 1. The van der Waals surface area contributed by atoms with Crippen molar-refractivity contribution in [2.24, 2.45) is 5.92 Å². The van der Waals surface area contributed by atoms with Crippen molar-refractivity contribution >= 4 is 5.69 Å². The minimum atomic E-state index is 0.889. The highest BCUT2D eigenvalue weighted by atomic mass is 15.2. The molecule has 2 N–H and O–H groups in total. The highest BCUT2D eigenvalue weighted by Gasteiger charge is 2.33. The van der Waals surface area contributed by atoms with E-state index in [9.17, 15) is 0 Å². The molecule has 0 aromatic heterocycles. The zero-order valence-electron chi connectivity index (χ0n) is 10.4. The van der Waals surface area contributed by atoms with Gasteiger partial charge in [-0.2, -0.15) is 0 Å². The molecule has 0 bridgehead atoms. The van der Waals surface area contributed by atoms with E-state index < -0.39 is 0 Å². The largest absolute Gasteiger partial charge is 0.399 e. The van der Waals surface area contributed by atoms with Gasteiger partial charge in [0.1, 0.15) is 0 Å². The van der Waals surface area contributed by atoms with Crippen LogP contribution < -0.4 is 5.73 Å². The lowest BCUT2D eigenvalue weighted by Crippen LogP contribution is -2.30. The Balaban J connectivity index is 1.55. The first-order valence-corrected chi connectivity index (χ1v) is 6.90. The predicted molar refractivity (Wildman–Crippen MR) is 71.9 cm³/mol. The number of nitrogens with zero attached hydrogens (tertiary/aromatic N) is 1. The standard InChI is InChI=1S/C15H22N2/c16-15-4-2-1-3-13(15)9-10-17(14-7-8-14)11-12-5-6-12/h1-4,12,14H,5-11,16H2. The summed E-state index contributed by atoms with van der Waals surface area (Å²) in [6.45, 7) is 2.52. The molecule has 0 unspecified atom stereocenters. The molecule has 0 amide bonds. The summed E-state index contributed by atoms with van der Waals surface area (Å²) < 4.78 is 0. The van der Waals surface area contributed by atoms with E-state index in [2.05, 4.69) is 17.0 Å². The molecule has 17 heavy (non-hydrogen) atoms. The van der Waals surface area contributed by atoms with E-state index in [-0.39, 0.29) is 0 Å². The maximum absolute atomic E-state index is 5.99. The molecule has 0 aliphatic heterocycles. The van der Waals surface area contributed by atoms with Gasteiger partial charge >= 0.3 is 0 Å². The summed E-state index contributed by atoms with van der Waals surface area (Å²) in [6, 6.07) is 9.17. The van der Waals surface area contributed by atoms with Crippen LogP contribution >= 0.6 is 0 Å². The van der Waals surface area contributed by atoms with Gasteiger partial charge in [-0.1, -0.05) is 18.2 Å². The van der Waals surface area contributed by atoms with E-state index in [1.165, 1.54) is 44.3 Å². The molecular weight excluding hydrogens is 208 g/mol. The highest BCUT2D eigenvalue weighted by molar-refractivity contribution is 5.46. The Bertz CT molecular complexity index is 380. The predicted octanol–water partition coefficient (Wildman–Crippen LogP) is 2.69. The summed E-state index contributed by atoms with van der Waals surface area (Å²) in [5.41, 5.74) is 8.26. The van der Waals surface area contributed by atoms with Crippen LogP contribution in [0.15, 0.2) is 24.3 Å². The zero-order chi connectivity index (χ0) is 11.7. The van der Waals surface area contributed by atoms with Gasteiger partial charge in [0.2, 0.25) is 0 Å². The molecule has 2 fully saturated rings. The van der Waals surface area contributed by atoms with Gasteiger partial charge in [-0.3, -0.25) is 4.90 Å². The first-order valence-electron chi connectivity index (χ1n) is 6.90. The smallest absolute Gasteiger partial charge is 0.0347 e. The maximum atomic E-state index is 5.99. The Labute approximate surface area is 104 Å². The van der Waals surface area contributed by atoms with Crippen LogP contribution in [-0.4, -0.2) is 24.0 Å². The molecule has 2 saturated carbocycles. The topological polar surface area (TPSA) is 29.3 Å². The van der Waals surface area contributed by atoms with Crippen molar-refractivity contribution in [1.82, 2.24) is 4.90 Å². The van der Waals surface area contributed by atoms with Crippen LogP contribution in [0.2, 0.25) is 0 Å². The van der Waals surface area contributed by atoms with Crippen LogP contribution in [0.4, 0.5) is 5.69 Å². The van der Waals surface area contributed by atoms with Crippen LogP contribution in [0.5, 0.6) is 0 Å². The van der Waals surface area contributed by atoms with E-state index in [1.807, 2.05) is 12.1 Å². The van der Waals surface area contributed by atoms with Gasteiger partial charge in [0.05, 0.1) is 0 Å². The summed E-state index contributed by atoms with van der Waals surface area (Å²) in [7, 11) is 0. The first kappa shape index (κ1) is 11.1. The van der Waals surface area contributed by atoms with Crippen molar-refractivity contribution in [2.45, 2.75) is 38.1 Å². The van der Waals surface area contributed by atoms with Crippen LogP contribution in [0.25, 0.3) is 0 Å². The SMILES string of the molecule is Nc1ccccc1CCN(CC1CC1)C1CC1. The van der Waals surface area contributed by atoms with E-state index in [0.29, 0.717) is 0 Å². The minimum absolute atomic E-state index is 0.889. The molecule has 0 heterocycles. The molecule has 1 aromatic rings. The van der Waals surface area contributed by atoms with Crippen LogP contribution in [0.1, 0.15) is 31.2 Å². The van der Waals surface area contributed by atoms with Crippen molar-refractivity contribution in [2.75, 3.05) is 18.8 Å². The van der Waals surface area contributed by atoms with Crippen LogP contribution in [0.3, 0.4) is 0 Å². The van der Waals surface area contributed by atoms with Crippen molar-refractivity contribution in [3.63, 3.8) is 0 Å². The van der Waals surface area contributed by atoms with Crippen molar-refractivity contribution in [3.05, 3.63) is 29.8 Å². The van der Waals surface area contributed by atoms with Gasteiger partial charge in [-0.15, -0.1) is 0 Å². The summed E-state index contributed by atoms with van der Waals surface area (Å²) in [5, 5.41) is 0. The number of hydrogen-bond acceptors (Lipinski definition) is 2.